The molecule has 0 aliphatic carbocycles. The van der Waals surface area contributed by atoms with E-state index in [0.29, 0.717) is 6.54 Å². The summed E-state index contributed by atoms with van der Waals surface area (Å²) in [4.78, 5) is 12.9. The van der Waals surface area contributed by atoms with Gasteiger partial charge in [-0.3, -0.25) is 4.79 Å². The molecule has 1 fully saturated rings. The number of nitrogens with one attached hydrogen (secondary N) is 1. The molecular weight excluding hydrogens is 209 g/mol. The lowest BCUT2D eigenvalue weighted by molar-refractivity contribution is -0.153. The molecule has 1 rings (SSSR count). The molecule has 6 heteroatoms. The Morgan fingerprint density at radius 1 is 1.53 bits per heavy atom. The van der Waals surface area contributed by atoms with Gasteiger partial charge >= 0.3 is 6.18 Å². The Hall–Kier alpha value is -0.780. The number of amides is 1. The molecule has 1 aliphatic rings. The lowest BCUT2D eigenvalue weighted by atomic mass is 10.2. The first-order valence-corrected chi connectivity index (χ1v) is 4.92. The van der Waals surface area contributed by atoms with Crippen LogP contribution in [0.15, 0.2) is 0 Å². The minimum Gasteiger partial charge on any atom is -0.354 e. The molecule has 1 heterocycles. The number of hydrogen-bond acceptors (Lipinski definition) is 2. The molecule has 1 saturated heterocycles. The lowest BCUT2D eigenvalue weighted by Crippen LogP contribution is -2.39. The fourth-order valence-electron chi connectivity index (χ4n) is 1.71. The molecule has 0 saturated carbocycles. The van der Waals surface area contributed by atoms with Crippen molar-refractivity contribution in [3.05, 3.63) is 0 Å². The molecule has 1 N–H and O–H groups in total. The monoisotopic (exact) mass is 224 g/mol. The summed E-state index contributed by atoms with van der Waals surface area (Å²) in [6.45, 7) is 1.26. The highest BCUT2D eigenvalue weighted by Gasteiger charge is 2.31. The van der Waals surface area contributed by atoms with Crippen molar-refractivity contribution in [2.75, 3.05) is 20.1 Å². The van der Waals surface area contributed by atoms with Crippen molar-refractivity contribution in [1.29, 1.82) is 0 Å². The van der Waals surface area contributed by atoms with Gasteiger partial charge in [0.2, 0.25) is 5.91 Å². The van der Waals surface area contributed by atoms with Gasteiger partial charge in [-0.15, -0.1) is 0 Å². The molecule has 1 amide bonds. The molecular formula is C9H15F3N2O. The Kier molecular flexibility index (Phi) is 3.96. The van der Waals surface area contributed by atoms with Crippen LogP contribution in [0.25, 0.3) is 0 Å². The van der Waals surface area contributed by atoms with Crippen molar-refractivity contribution in [1.82, 2.24) is 10.2 Å². The SMILES string of the molecule is CN1CCC[C@H]1CNC(=O)CC(F)(F)F. The smallest absolute Gasteiger partial charge is 0.354 e. The van der Waals surface area contributed by atoms with Crippen LogP contribution in [0.1, 0.15) is 19.3 Å². The second-order valence-electron chi connectivity index (χ2n) is 3.87. The molecule has 15 heavy (non-hydrogen) atoms. The number of likely N-dealkylation sites (tertiary alicyclic amines) is 1. The quantitative estimate of drug-likeness (QED) is 0.780. The minimum atomic E-state index is -4.41. The van der Waals surface area contributed by atoms with Crippen molar-refractivity contribution < 1.29 is 18.0 Å². The van der Waals surface area contributed by atoms with Crippen LogP contribution in [0.3, 0.4) is 0 Å². The summed E-state index contributed by atoms with van der Waals surface area (Å²) in [5.41, 5.74) is 0. The van der Waals surface area contributed by atoms with Crippen molar-refractivity contribution in [2.24, 2.45) is 0 Å². The Labute approximate surface area is 86.6 Å². The van der Waals surface area contributed by atoms with E-state index in [4.69, 9.17) is 0 Å². The Morgan fingerprint density at radius 2 is 2.20 bits per heavy atom. The molecule has 0 aromatic rings. The first-order chi connectivity index (χ1) is 6.88. The fourth-order valence-corrected chi connectivity index (χ4v) is 1.71. The van der Waals surface area contributed by atoms with Crippen LogP contribution in [-0.2, 0) is 4.79 Å². The van der Waals surface area contributed by atoms with Crippen LogP contribution in [0.4, 0.5) is 13.2 Å². The van der Waals surface area contributed by atoms with Gasteiger partial charge in [-0.25, -0.2) is 0 Å². The van der Waals surface area contributed by atoms with Gasteiger partial charge < -0.3 is 10.2 Å². The number of carbonyl (C=O) groups is 1. The van der Waals surface area contributed by atoms with Crippen molar-refractivity contribution in [3.8, 4) is 0 Å². The third-order valence-corrected chi connectivity index (χ3v) is 2.57. The molecule has 0 radical (unpaired) electrons. The number of halogens is 3. The average Bonchev–Trinajstić information content (AvgIpc) is 2.44. The highest BCUT2D eigenvalue weighted by Crippen LogP contribution is 2.19. The van der Waals surface area contributed by atoms with Gasteiger partial charge in [0.05, 0.1) is 0 Å². The largest absolute Gasteiger partial charge is 0.397 e. The van der Waals surface area contributed by atoms with E-state index in [1.54, 1.807) is 0 Å². The van der Waals surface area contributed by atoms with E-state index < -0.39 is 18.5 Å². The summed E-state index contributed by atoms with van der Waals surface area (Å²) < 4.78 is 35.4. The van der Waals surface area contributed by atoms with E-state index in [0.717, 1.165) is 19.4 Å². The Bertz CT molecular complexity index is 230. The molecule has 0 bridgehead atoms. The predicted molar refractivity (Wildman–Crippen MR) is 49.3 cm³/mol. The maximum Gasteiger partial charge on any atom is 0.397 e. The minimum absolute atomic E-state index is 0.183. The highest BCUT2D eigenvalue weighted by molar-refractivity contribution is 5.76. The van der Waals surface area contributed by atoms with E-state index >= 15 is 0 Å². The second kappa shape index (κ2) is 4.83. The number of hydrogen-bond donors (Lipinski definition) is 1. The van der Waals surface area contributed by atoms with E-state index in [9.17, 15) is 18.0 Å². The third kappa shape index (κ3) is 4.51. The van der Waals surface area contributed by atoms with E-state index in [1.165, 1.54) is 0 Å². The lowest BCUT2D eigenvalue weighted by Gasteiger charge is -2.19. The van der Waals surface area contributed by atoms with Crippen molar-refractivity contribution in [3.63, 3.8) is 0 Å². The molecule has 0 aromatic heterocycles. The summed E-state index contributed by atoms with van der Waals surface area (Å²) in [6.07, 6.45) is -3.83. The van der Waals surface area contributed by atoms with Crippen LogP contribution < -0.4 is 5.32 Å². The summed E-state index contributed by atoms with van der Waals surface area (Å²) in [6, 6.07) is 0.183. The van der Waals surface area contributed by atoms with Gasteiger partial charge in [0.15, 0.2) is 0 Å². The maximum atomic E-state index is 11.8. The molecule has 3 nitrogen and oxygen atoms in total. The number of nitrogens with zero attached hydrogens (tertiary/aromatic N) is 1. The summed E-state index contributed by atoms with van der Waals surface area (Å²) in [5.74, 6) is -0.942. The number of carbonyl (C=O) groups excluding carboxylic acids is 1. The molecule has 0 spiro atoms. The maximum absolute atomic E-state index is 11.8. The third-order valence-electron chi connectivity index (χ3n) is 2.57. The molecule has 1 atom stereocenters. The predicted octanol–water partition coefficient (Wildman–Crippen LogP) is 1.15. The van der Waals surface area contributed by atoms with Gasteiger partial charge in [-0.2, -0.15) is 13.2 Å². The fraction of sp³-hybridized carbons (Fsp3) is 0.889. The molecule has 0 unspecified atom stereocenters. The van der Waals surface area contributed by atoms with Gasteiger partial charge in [0, 0.05) is 12.6 Å². The first-order valence-electron chi connectivity index (χ1n) is 4.92. The molecule has 0 aromatic carbocycles. The van der Waals surface area contributed by atoms with Crippen molar-refractivity contribution in [2.45, 2.75) is 31.5 Å². The topological polar surface area (TPSA) is 32.3 Å². The normalized spacial score (nSPS) is 23.1. The Morgan fingerprint density at radius 3 is 2.67 bits per heavy atom. The van der Waals surface area contributed by atoms with Gasteiger partial charge in [0.1, 0.15) is 6.42 Å². The van der Waals surface area contributed by atoms with Gasteiger partial charge in [0.25, 0.3) is 0 Å². The van der Waals surface area contributed by atoms with Crippen LogP contribution in [0.5, 0.6) is 0 Å². The summed E-state index contributed by atoms with van der Waals surface area (Å²) >= 11 is 0. The van der Waals surface area contributed by atoms with E-state index in [-0.39, 0.29) is 6.04 Å². The van der Waals surface area contributed by atoms with Gasteiger partial charge in [-0.05, 0) is 26.4 Å². The van der Waals surface area contributed by atoms with Gasteiger partial charge in [-0.1, -0.05) is 0 Å². The standard InChI is InChI=1S/C9H15F3N2O/c1-14-4-2-3-7(14)6-13-8(15)5-9(10,11)12/h7H,2-6H2,1H3,(H,13,15)/t7-/m0/s1. The van der Waals surface area contributed by atoms with Crippen LogP contribution >= 0.6 is 0 Å². The highest BCUT2D eigenvalue weighted by atomic mass is 19.4. The van der Waals surface area contributed by atoms with Crippen LogP contribution in [-0.4, -0.2) is 43.2 Å². The number of likely N-dealkylation sites (N-methyl/N-ethyl adjacent to an activating group) is 1. The van der Waals surface area contributed by atoms with Crippen LogP contribution in [0, 0.1) is 0 Å². The van der Waals surface area contributed by atoms with Crippen LogP contribution in [0.2, 0.25) is 0 Å². The van der Waals surface area contributed by atoms with Crippen molar-refractivity contribution >= 4 is 5.91 Å². The average molecular weight is 224 g/mol. The second-order valence-corrected chi connectivity index (χ2v) is 3.87. The zero-order valence-corrected chi connectivity index (χ0v) is 8.60. The molecule has 88 valence electrons. The van der Waals surface area contributed by atoms with E-state index in [2.05, 4.69) is 5.32 Å². The van der Waals surface area contributed by atoms with E-state index in [1.807, 2.05) is 11.9 Å². The zero-order valence-electron chi connectivity index (χ0n) is 8.60. The number of alkyl halides is 3. The zero-order chi connectivity index (χ0) is 11.5. The molecule has 1 aliphatic heterocycles. The summed E-state index contributed by atoms with van der Waals surface area (Å²) in [7, 11) is 1.91. The number of rotatable bonds is 3. The summed E-state index contributed by atoms with van der Waals surface area (Å²) in [5, 5.41) is 2.31. The Balaban J connectivity index is 2.22. The first kappa shape index (κ1) is 12.3.